The van der Waals surface area contributed by atoms with Crippen molar-refractivity contribution in [1.29, 1.82) is 0 Å². The number of esters is 1. The molecule has 30 heavy (non-hydrogen) atoms. The fourth-order valence-electron chi connectivity index (χ4n) is 3.02. The zero-order valence-electron chi connectivity index (χ0n) is 16.1. The number of ether oxygens (including phenoxy) is 1. The summed E-state index contributed by atoms with van der Waals surface area (Å²) in [6, 6.07) is 8.34. The minimum absolute atomic E-state index is 0.174. The van der Waals surface area contributed by atoms with Crippen molar-refractivity contribution < 1.29 is 33.1 Å². The molecule has 0 fully saturated rings. The molecule has 1 heterocycles. The Morgan fingerprint density at radius 2 is 1.67 bits per heavy atom. The third-order valence-electron chi connectivity index (χ3n) is 4.49. The average Bonchev–Trinajstić information content (AvgIpc) is 2.95. The van der Waals surface area contributed by atoms with Gasteiger partial charge in [0.1, 0.15) is 11.9 Å². The zero-order chi connectivity index (χ0) is 22.0. The molecule has 0 radical (unpaired) electrons. The molecule has 3 amide bonds. The van der Waals surface area contributed by atoms with Gasteiger partial charge < -0.3 is 10.1 Å². The van der Waals surface area contributed by atoms with E-state index in [-0.39, 0.29) is 22.4 Å². The number of amides is 3. The van der Waals surface area contributed by atoms with Crippen LogP contribution >= 0.6 is 0 Å². The Morgan fingerprint density at radius 3 is 2.20 bits per heavy atom. The lowest BCUT2D eigenvalue weighted by atomic mass is 10.1. The molecule has 0 spiro atoms. The Hall–Kier alpha value is -3.88. The van der Waals surface area contributed by atoms with Crippen molar-refractivity contribution in [2.45, 2.75) is 19.9 Å². The molecule has 0 bridgehead atoms. The van der Waals surface area contributed by atoms with Gasteiger partial charge in [0.05, 0.1) is 16.7 Å². The molecule has 1 aliphatic rings. The molecular formula is C21H17FN2O6. The predicted octanol–water partition coefficient (Wildman–Crippen LogP) is 2.19. The van der Waals surface area contributed by atoms with Crippen LogP contribution in [0.25, 0.3) is 0 Å². The first kappa shape index (κ1) is 20.8. The van der Waals surface area contributed by atoms with Gasteiger partial charge in [-0.2, -0.15) is 0 Å². The first-order valence-corrected chi connectivity index (χ1v) is 8.94. The molecule has 0 unspecified atom stereocenters. The second-order valence-corrected chi connectivity index (χ2v) is 6.61. The van der Waals surface area contributed by atoms with Crippen LogP contribution in [-0.2, 0) is 14.3 Å². The summed E-state index contributed by atoms with van der Waals surface area (Å²) < 4.78 is 19.0. The van der Waals surface area contributed by atoms with Crippen LogP contribution in [0.15, 0.2) is 42.5 Å². The number of fused-ring (bicyclic) bond motifs is 1. The summed E-state index contributed by atoms with van der Waals surface area (Å²) in [4.78, 5) is 61.1. The van der Waals surface area contributed by atoms with Crippen LogP contribution in [-0.4, -0.2) is 47.0 Å². The Morgan fingerprint density at radius 1 is 1.07 bits per heavy atom. The van der Waals surface area contributed by atoms with Crippen molar-refractivity contribution in [3.05, 3.63) is 65.0 Å². The number of nitrogens with zero attached hydrogens (tertiary/aromatic N) is 1. The second-order valence-electron chi connectivity index (χ2n) is 6.61. The minimum atomic E-state index is -1.27. The number of halogens is 1. The first-order valence-electron chi connectivity index (χ1n) is 8.94. The maximum atomic E-state index is 14.1. The number of benzene rings is 2. The standard InChI is InChI=1S/C21H17FN2O6/c1-11(24-19(27)14-5-3-4-6-15(14)20(24)28)21(29)30-10-18(26)16-8-7-13(9-17(16)22)23-12(2)25/h3-9,11H,10H2,1-2H3,(H,23,25)/t11-/m1/s1. The number of imide groups is 1. The highest BCUT2D eigenvalue weighted by molar-refractivity contribution is 6.22. The number of anilines is 1. The van der Waals surface area contributed by atoms with Gasteiger partial charge in [0.25, 0.3) is 11.8 Å². The number of hydrogen-bond donors (Lipinski definition) is 1. The number of carbonyl (C=O) groups excluding carboxylic acids is 5. The summed E-state index contributed by atoms with van der Waals surface area (Å²) in [6.45, 7) is 1.78. The summed E-state index contributed by atoms with van der Waals surface area (Å²) in [5.74, 6) is -4.35. The van der Waals surface area contributed by atoms with E-state index in [1.807, 2.05) is 0 Å². The van der Waals surface area contributed by atoms with Gasteiger partial charge >= 0.3 is 5.97 Å². The van der Waals surface area contributed by atoms with Crippen molar-refractivity contribution in [2.24, 2.45) is 0 Å². The highest BCUT2D eigenvalue weighted by Crippen LogP contribution is 2.25. The fraction of sp³-hybridized carbons (Fsp3) is 0.190. The molecule has 2 aromatic carbocycles. The van der Waals surface area contributed by atoms with Crippen molar-refractivity contribution in [3.8, 4) is 0 Å². The van der Waals surface area contributed by atoms with Crippen molar-refractivity contribution >= 4 is 35.2 Å². The molecule has 3 rings (SSSR count). The Kier molecular flexibility index (Phi) is 5.72. The number of nitrogens with one attached hydrogen (secondary N) is 1. The molecule has 1 aliphatic heterocycles. The third kappa shape index (κ3) is 3.95. The highest BCUT2D eigenvalue weighted by Gasteiger charge is 2.41. The van der Waals surface area contributed by atoms with Crippen LogP contribution in [0.1, 0.15) is 44.9 Å². The molecule has 0 aliphatic carbocycles. The van der Waals surface area contributed by atoms with Gasteiger partial charge in [0, 0.05) is 12.6 Å². The van der Waals surface area contributed by atoms with Gasteiger partial charge in [-0.1, -0.05) is 12.1 Å². The SMILES string of the molecule is CC(=O)Nc1ccc(C(=O)COC(=O)[C@@H](C)N2C(=O)c3ccccc3C2=O)c(F)c1. The zero-order valence-corrected chi connectivity index (χ0v) is 16.1. The summed E-state index contributed by atoms with van der Waals surface area (Å²) in [5.41, 5.74) is 0.206. The molecule has 1 N–H and O–H groups in total. The normalized spacial score (nSPS) is 13.6. The monoisotopic (exact) mass is 412 g/mol. The Labute approximate surface area is 170 Å². The summed E-state index contributed by atoms with van der Waals surface area (Å²) in [5, 5.41) is 2.38. The van der Waals surface area contributed by atoms with Crippen LogP contribution in [0.2, 0.25) is 0 Å². The van der Waals surface area contributed by atoms with Gasteiger partial charge in [0.15, 0.2) is 6.61 Å². The topological polar surface area (TPSA) is 110 Å². The van der Waals surface area contributed by atoms with Crippen molar-refractivity contribution in [2.75, 3.05) is 11.9 Å². The lowest BCUT2D eigenvalue weighted by Gasteiger charge is -2.20. The van der Waals surface area contributed by atoms with Crippen LogP contribution in [0.3, 0.4) is 0 Å². The van der Waals surface area contributed by atoms with Gasteiger partial charge in [0.2, 0.25) is 11.7 Å². The number of rotatable bonds is 6. The molecule has 8 nitrogen and oxygen atoms in total. The predicted molar refractivity (Wildman–Crippen MR) is 102 cm³/mol. The molecule has 2 aromatic rings. The average molecular weight is 412 g/mol. The number of carbonyl (C=O) groups is 5. The van der Waals surface area contributed by atoms with Crippen LogP contribution in [0.4, 0.5) is 10.1 Å². The third-order valence-corrected chi connectivity index (χ3v) is 4.49. The molecule has 0 aromatic heterocycles. The van der Waals surface area contributed by atoms with Crippen molar-refractivity contribution in [3.63, 3.8) is 0 Å². The maximum Gasteiger partial charge on any atom is 0.329 e. The first-order chi connectivity index (χ1) is 14.2. The Balaban J connectivity index is 1.64. The van der Waals surface area contributed by atoms with E-state index < -0.39 is 47.9 Å². The lowest BCUT2D eigenvalue weighted by Crippen LogP contribution is -2.44. The summed E-state index contributed by atoms with van der Waals surface area (Å²) in [6.07, 6.45) is 0. The van der Waals surface area contributed by atoms with E-state index >= 15 is 0 Å². The van der Waals surface area contributed by atoms with E-state index in [4.69, 9.17) is 4.74 Å². The largest absolute Gasteiger partial charge is 0.456 e. The van der Waals surface area contributed by atoms with E-state index in [1.165, 1.54) is 32.0 Å². The minimum Gasteiger partial charge on any atom is -0.456 e. The quantitative estimate of drug-likeness (QED) is 0.443. The number of ketones is 1. The smallest absolute Gasteiger partial charge is 0.329 e. The van der Waals surface area contributed by atoms with Crippen molar-refractivity contribution in [1.82, 2.24) is 4.90 Å². The van der Waals surface area contributed by atoms with E-state index in [0.29, 0.717) is 0 Å². The molecule has 0 saturated heterocycles. The van der Waals surface area contributed by atoms with Crippen LogP contribution in [0.5, 0.6) is 0 Å². The Bertz CT molecular complexity index is 1050. The molecule has 0 saturated carbocycles. The molecule has 9 heteroatoms. The van der Waals surface area contributed by atoms with Crippen LogP contribution in [0, 0.1) is 5.82 Å². The van der Waals surface area contributed by atoms with E-state index in [0.717, 1.165) is 17.0 Å². The maximum absolute atomic E-state index is 14.1. The molecule has 154 valence electrons. The molecular weight excluding hydrogens is 395 g/mol. The number of Topliss-reactive ketones (excluding diaryl/α,β-unsaturated/α-hetero) is 1. The van der Waals surface area contributed by atoms with Crippen LogP contribution < -0.4 is 5.32 Å². The molecule has 1 atom stereocenters. The second kappa shape index (κ2) is 8.24. The fourth-order valence-corrected chi connectivity index (χ4v) is 3.02. The van der Waals surface area contributed by atoms with E-state index in [9.17, 15) is 28.4 Å². The summed E-state index contributed by atoms with van der Waals surface area (Å²) in [7, 11) is 0. The highest BCUT2D eigenvalue weighted by atomic mass is 19.1. The summed E-state index contributed by atoms with van der Waals surface area (Å²) >= 11 is 0. The van der Waals surface area contributed by atoms with Gasteiger partial charge in [-0.05, 0) is 37.3 Å². The lowest BCUT2D eigenvalue weighted by molar-refractivity contribution is -0.146. The van der Waals surface area contributed by atoms with E-state index in [2.05, 4.69) is 5.32 Å². The van der Waals surface area contributed by atoms with Gasteiger partial charge in [-0.3, -0.25) is 24.1 Å². The van der Waals surface area contributed by atoms with E-state index in [1.54, 1.807) is 12.1 Å². The van der Waals surface area contributed by atoms with Gasteiger partial charge in [-0.25, -0.2) is 9.18 Å². The number of hydrogen-bond acceptors (Lipinski definition) is 6. The van der Waals surface area contributed by atoms with Gasteiger partial charge in [-0.15, -0.1) is 0 Å².